The second kappa shape index (κ2) is 4.34. The molecule has 0 fully saturated rings. The van der Waals surface area contributed by atoms with E-state index in [9.17, 15) is 4.79 Å². The number of quaternary nitrogens is 1. The van der Waals surface area contributed by atoms with Gasteiger partial charge in [0.15, 0.2) is 0 Å². The molecule has 66 valence electrons. The Bertz CT molecular complexity index is 122. The molecule has 3 heteroatoms. The minimum atomic E-state index is -0.199. The molecule has 0 radical (unpaired) electrons. The van der Waals surface area contributed by atoms with Gasteiger partial charge in [-0.2, -0.15) is 0 Å². The molecule has 0 N–H and O–H groups in total. The van der Waals surface area contributed by atoms with Crippen molar-refractivity contribution >= 4 is 5.97 Å². The number of hydrogen-bond donors (Lipinski definition) is 0. The van der Waals surface area contributed by atoms with Gasteiger partial charge in [-0.05, 0) is 20.8 Å². The summed E-state index contributed by atoms with van der Waals surface area (Å²) >= 11 is 0. The Morgan fingerprint density at radius 2 is 1.55 bits per heavy atom. The van der Waals surface area contributed by atoms with Crippen LogP contribution in [0.5, 0.6) is 0 Å². The first-order valence-electron chi connectivity index (χ1n) is 4.16. The molecule has 0 aromatic carbocycles. The van der Waals surface area contributed by atoms with Gasteiger partial charge >= 0.3 is 5.97 Å². The van der Waals surface area contributed by atoms with Gasteiger partial charge in [0.05, 0.1) is 0 Å². The van der Waals surface area contributed by atoms with Crippen molar-refractivity contribution in [2.45, 2.75) is 27.7 Å². The monoisotopic (exact) mass is 160 g/mol. The average molecular weight is 160 g/mol. The fourth-order valence-electron chi connectivity index (χ4n) is 1.14. The summed E-state index contributed by atoms with van der Waals surface area (Å²) in [6.45, 7) is 10.0. The van der Waals surface area contributed by atoms with Crippen LogP contribution in [0, 0.1) is 0 Å². The number of carbonyl (C=O) groups is 1. The van der Waals surface area contributed by atoms with Crippen LogP contribution in [0.4, 0.5) is 0 Å². The first-order chi connectivity index (χ1) is 5.10. The summed E-state index contributed by atoms with van der Waals surface area (Å²) in [6, 6.07) is 0. The Balaban J connectivity index is 4.16. The number of hydroxylamine groups is 3. The lowest BCUT2D eigenvalue weighted by molar-refractivity contribution is -1.09. The molecular weight excluding hydrogens is 142 g/mol. The zero-order valence-corrected chi connectivity index (χ0v) is 7.89. The van der Waals surface area contributed by atoms with Gasteiger partial charge in [0.2, 0.25) is 0 Å². The van der Waals surface area contributed by atoms with E-state index in [-0.39, 0.29) is 5.97 Å². The third-order valence-electron chi connectivity index (χ3n) is 2.05. The molecule has 0 aromatic heterocycles. The van der Waals surface area contributed by atoms with E-state index in [2.05, 4.69) is 0 Å². The van der Waals surface area contributed by atoms with Crippen LogP contribution >= 0.6 is 0 Å². The van der Waals surface area contributed by atoms with Crippen molar-refractivity contribution in [2.75, 3.05) is 19.6 Å². The molecule has 0 heterocycles. The Hall–Kier alpha value is -0.570. The molecule has 0 aliphatic heterocycles. The average Bonchev–Trinajstić information content (AvgIpc) is 2.00. The Labute approximate surface area is 68.5 Å². The highest BCUT2D eigenvalue weighted by Crippen LogP contribution is 2.06. The maximum Gasteiger partial charge on any atom is 0.363 e. The predicted octanol–water partition coefficient (Wildman–Crippen LogP) is 1.34. The fraction of sp³-hybridized carbons (Fsp3) is 0.875. The number of carbonyl (C=O) groups excluding carboxylic acids is 1. The van der Waals surface area contributed by atoms with E-state index in [1.165, 1.54) is 6.92 Å². The molecular formula is C8H18NO2+. The van der Waals surface area contributed by atoms with Gasteiger partial charge in [-0.25, -0.2) is 4.79 Å². The van der Waals surface area contributed by atoms with Crippen LogP contribution < -0.4 is 0 Å². The molecule has 0 spiro atoms. The quantitative estimate of drug-likeness (QED) is 0.458. The highest BCUT2D eigenvalue weighted by atomic mass is 16.7. The normalized spacial score (nSPS) is 11.3. The summed E-state index contributed by atoms with van der Waals surface area (Å²) in [4.78, 5) is 15.9. The van der Waals surface area contributed by atoms with Crippen molar-refractivity contribution in [3.63, 3.8) is 0 Å². The maximum atomic E-state index is 10.7. The highest BCUT2D eigenvalue weighted by Gasteiger charge is 2.25. The van der Waals surface area contributed by atoms with E-state index in [0.717, 1.165) is 19.6 Å². The minimum Gasteiger partial charge on any atom is -0.277 e. The second-order valence-corrected chi connectivity index (χ2v) is 2.59. The van der Waals surface area contributed by atoms with Crippen molar-refractivity contribution in [3.05, 3.63) is 0 Å². The molecule has 0 saturated heterocycles. The lowest BCUT2D eigenvalue weighted by atomic mass is 10.5. The Morgan fingerprint density at radius 1 is 1.18 bits per heavy atom. The first kappa shape index (κ1) is 10.4. The number of hydrogen-bond acceptors (Lipinski definition) is 2. The largest absolute Gasteiger partial charge is 0.363 e. The zero-order chi connectivity index (χ0) is 8.91. The summed E-state index contributed by atoms with van der Waals surface area (Å²) in [5.41, 5.74) is 0. The smallest absolute Gasteiger partial charge is 0.277 e. The third kappa shape index (κ3) is 2.89. The van der Waals surface area contributed by atoms with Gasteiger partial charge in [-0.3, -0.25) is 4.84 Å². The van der Waals surface area contributed by atoms with Crippen LogP contribution in [0.25, 0.3) is 0 Å². The van der Waals surface area contributed by atoms with Crippen molar-refractivity contribution in [2.24, 2.45) is 0 Å². The van der Waals surface area contributed by atoms with Crippen molar-refractivity contribution in [1.29, 1.82) is 0 Å². The number of rotatable bonds is 4. The van der Waals surface area contributed by atoms with Gasteiger partial charge in [-0.1, -0.05) is 0 Å². The molecule has 0 bridgehead atoms. The molecule has 0 aliphatic rings. The van der Waals surface area contributed by atoms with Gasteiger partial charge in [0.25, 0.3) is 0 Å². The molecule has 3 nitrogen and oxygen atoms in total. The van der Waals surface area contributed by atoms with Gasteiger partial charge in [-0.15, -0.1) is 4.65 Å². The topological polar surface area (TPSA) is 26.3 Å². The van der Waals surface area contributed by atoms with Crippen LogP contribution in [-0.2, 0) is 9.63 Å². The van der Waals surface area contributed by atoms with E-state index in [1.54, 1.807) is 0 Å². The van der Waals surface area contributed by atoms with Gasteiger partial charge in [0, 0.05) is 6.92 Å². The van der Waals surface area contributed by atoms with Gasteiger partial charge < -0.3 is 0 Å². The molecule has 11 heavy (non-hydrogen) atoms. The van der Waals surface area contributed by atoms with Crippen LogP contribution in [0.3, 0.4) is 0 Å². The minimum absolute atomic E-state index is 0.199. The third-order valence-corrected chi connectivity index (χ3v) is 2.05. The van der Waals surface area contributed by atoms with E-state index < -0.39 is 0 Å². The Kier molecular flexibility index (Phi) is 4.11. The molecule has 0 atom stereocenters. The summed E-state index contributed by atoms with van der Waals surface area (Å²) < 4.78 is 0.440. The Morgan fingerprint density at radius 3 is 1.64 bits per heavy atom. The molecule has 0 aromatic rings. The first-order valence-corrected chi connectivity index (χ1v) is 4.16. The molecule has 0 rings (SSSR count). The summed E-state index contributed by atoms with van der Waals surface area (Å²) in [6.07, 6.45) is 0. The van der Waals surface area contributed by atoms with Crippen molar-refractivity contribution in [3.8, 4) is 0 Å². The van der Waals surface area contributed by atoms with E-state index in [4.69, 9.17) is 4.84 Å². The molecule has 0 saturated carbocycles. The maximum absolute atomic E-state index is 10.7. The van der Waals surface area contributed by atoms with Crippen LogP contribution in [0.1, 0.15) is 27.7 Å². The molecule has 0 unspecified atom stereocenters. The fourth-order valence-corrected chi connectivity index (χ4v) is 1.14. The van der Waals surface area contributed by atoms with Crippen LogP contribution in [-0.4, -0.2) is 30.2 Å². The van der Waals surface area contributed by atoms with E-state index in [0.29, 0.717) is 4.65 Å². The lowest BCUT2D eigenvalue weighted by Gasteiger charge is -2.30. The summed E-state index contributed by atoms with van der Waals surface area (Å²) in [5.74, 6) is -0.199. The summed E-state index contributed by atoms with van der Waals surface area (Å²) in [7, 11) is 0. The highest BCUT2D eigenvalue weighted by molar-refractivity contribution is 5.65. The summed E-state index contributed by atoms with van der Waals surface area (Å²) in [5, 5.41) is 0. The standard InChI is InChI=1S/C8H18NO2/c1-5-9(6-2,7-3)11-8(4)10/h5-7H2,1-4H3/q+1. The zero-order valence-electron chi connectivity index (χ0n) is 7.89. The predicted molar refractivity (Wildman–Crippen MR) is 43.6 cm³/mol. The van der Waals surface area contributed by atoms with Crippen LogP contribution in [0.15, 0.2) is 0 Å². The number of nitrogens with zero attached hydrogens (tertiary/aromatic N) is 1. The van der Waals surface area contributed by atoms with Crippen molar-refractivity contribution in [1.82, 2.24) is 0 Å². The van der Waals surface area contributed by atoms with Crippen molar-refractivity contribution < 1.29 is 14.3 Å². The molecule has 0 amide bonds. The second-order valence-electron chi connectivity index (χ2n) is 2.59. The molecule has 0 aliphatic carbocycles. The van der Waals surface area contributed by atoms with Gasteiger partial charge in [0.1, 0.15) is 19.6 Å². The van der Waals surface area contributed by atoms with E-state index in [1.807, 2.05) is 20.8 Å². The van der Waals surface area contributed by atoms with Crippen LogP contribution in [0.2, 0.25) is 0 Å². The van der Waals surface area contributed by atoms with E-state index >= 15 is 0 Å². The lowest BCUT2D eigenvalue weighted by Crippen LogP contribution is -2.48. The SMILES string of the molecule is CC[N+](CC)(CC)OC(C)=O.